The zero-order chi connectivity index (χ0) is 15.5. The minimum Gasteiger partial charge on any atom is -0.505 e. The molecule has 1 aromatic heterocycles. The van der Waals surface area contributed by atoms with E-state index in [0.717, 1.165) is 0 Å². The number of carbonyl (C=O) groups excluding carboxylic acids is 1. The summed E-state index contributed by atoms with van der Waals surface area (Å²) in [6, 6.07) is 0.191. The highest BCUT2D eigenvalue weighted by Crippen LogP contribution is 2.34. The number of hydrogen-bond acceptors (Lipinski definition) is 5. The van der Waals surface area contributed by atoms with Crippen molar-refractivity contribution in [3.8, 4) is 11.6 Å². The summed E-state index contributed by atoms with van der Waals surface area (Å²) in [4.78, 5) is 14.4. The Hall–Kier alpha value is -2.13. The Balaban J connectivity index is 3.31. The number of hydrogen-bond donors (Lipinski definition) is 1. The predicted molar refractivity (Wildman–Crippen MR) is 53.5 cm³/mol. The Morgan fingerprint density at radius 1 is 1.45 bits per heavy atom. The van der Waals surface area contributed by atoms with Crippen LogP contribution in [0.25, 0.3) is 0 Å². The first-order valence-electron chi connectivity index (χ1n) is 5.10. The lowest BCUT2D eigenvalue weighted by Crippen LogP contribution is -2.19. The SMILES string of the molecule is CCOC(=O)c1nc(OC(F)(F)F)cc(C(F)F)c1O. The van der Waals surface area contributed by atoms with Crippen molar-refractivity contribution in [2.24, 2.45) is 0 Å². The van der Waals surface area contributed by atoms with E-state index in [9.17, 15) is 31.9 Å². The fraction of sp³-hybridized carbons (Fsp3) is 0.400. The fourth-order valence-electron chi connectivity index (χ4n) is 1.21. The van der Waals surface area contributed by atoms with Crippen molar-refractivity contribution in [2.45, 2.75) is 19.7 Å². The van der Waals surface area contributed by atoms with Gasteiger partial charge in [-0.15, -0.1) is 13.2 Å². The van der Waals surface area contributed by atoms with E-state index < -0.39 is 41.6 Å². The minimum atomic E-state index is -5.19. The second-order valence-corrected chi connectivity index (χ2v) is 3.32. The van der Waals surface area contributed by atoms with Crippen molar-refractivity contribution in [3.63, 3.8) is 0 Å². The second-order valence-electron chi connectivity index (χ2n) is 3.32. The topological polar surface area (TPSA) is 68.7 Å². The van der Waals surface area contributed by atoms with E-state index in [4.69, 9.17) is 0 Å². The van der Waals surface area contributed by atoms with Gasteiger partial charge in [0.15, 0.2) is 11.4 Å². The highest BCUT2D eigenvalue weighted by molar-refractivity contribution is 5.90. The van der Waals surface area contributed by atoms with E-state index in [2.05, 4.69) is 14.5 Å². The van der Waals surface area contributed by atoms with Gasteiger partial charge in [-0.2, -0.15) is 0 Å². The smallest absolute Gasteiger partial charge is 0.505 e. The molecule has 10 heteroatoms. The lowest BCUT2D eigenvalue weighted by atomic mass is 10.2. The summed E-state index contributed by atoms with van der Waals surface area (Å²) in [7, 11) is 0. The van der Waals surface area contributed by atoms with Crippen LogP contribution in [0.5, 0.6) is 11.6 Å². The van der Waals surface area contributed by atoms with Crippen LogP contribution in [0.3, 0.4) is 0 Å². The van der Waals surface area contributed by atoms with Crippen LogP contribution in [-0.4, -0.2) is 29.0 Å². The highest BCUT2D eigenvalue weighted by atomic mass is 19.4. The van der Waals surface area contributed by atoms with Crippen molar-refractivity contribution >= 4 is 5.97 Å². The van der Waals surface area contributed by atoms with Crippen LogP contribution in [0.1, 0.15) is 29.4 Å². The summed E-state index contributed by atoms with van der Waals surface area (Å²) in [5.41, 5.74) is -2.30. The molecule has 0 amide bonds. The zero-order valence-corrected chi connectivity index (χ0v) is 9.87. The number of alkyl halides is 5. The van der Waals surface area contributed by atoms with Gasteiger partial charge in [-0.3, -0.25) is 0 Å². The molecule has 0 unspecified atom stereocenters. The van der Waals surface area contributed by atoms with Gasteiger partial charge in [-0.05, 0) is 6.92 Å². The molecule has 112 valence electrons. The molecule has 0 aliphatic rings. The summed E-state index contributed by atoms with van der Waals surface area (Å²) in [6.07, 6.45) is -8.52. The number of esters is 1. The maximum atomic E-state index is 12.6. The maximum Gasteiger partial charge on any atom is 0.574 e. The molecule has 0 saturated heterocycles. The van der Waals surface area contributed by atoms with Crippen molar-refractivity contribution in [1.29, 1.82) is 0 Å². The van der Waals surface area contributed by atoms with Crippen molar-refractivity contribution in [1.82, 2.24) is 4.98 Å². The number of nitrogens with zero attached hydrogens (tertiary/aromatic N) is 1. The molecule has 0 radical (unpaired) electrons. The van der Waals surface area contributed by atoms with E-state index >= 15 is 0 Å². The Morgan fingerprint density at radius 3 is 2.50 bits per heavy atom. The average molecular weight is 301 g/mol. The van der Waals surface area contributed by atoms with Gasteiger partial charge < -0.3 is 14.6 Å². The second kappa shape index (κ2) is 5.88. The fourth-order valence-corrected chi connectivity index (χ4v) is 1.21. The first kappa shape index (κ1) is 15.9. The number of halogens is 5. The molecule has 0 aliphatic heterocycles. The molecular formula is C10H8F5NO4. The molecule has 5 nitrogen and oxygen atoms in total. The van der Waals surface area contributed by atoms with Gasteiger partial charge in [-0.25, -0.2) is 18.6 Å². The molecule has 0 aliphatic carbocycles. The molecule has 1 aromatic rings. The Labute approximate surface area is 108 Å². The third kappa shape index (κ3) is 3.93. The normalized spacial score (nSPS) is 11.6. The van der Waals surface area contributed by atoms with Crippen LogP contribution in [-0.2, 0) is 4.74 Å². The van der Waals surface area contributed by atoms with Gasteiger partial charge in [-0.1, -0.05) is 0 Å². The molecule has 0 saturated carbocycles. The monoisotopic (exact) mass is 301 g/mol. The molecule has 0 aromatic carbocycles. The Bertz CT molecular complexity index is 503. The Kier molecular flexibility index (Phi) is 4.69. The summed E-state index contributed by atoms with van der Waals surface area (Å²) >= 11 is 0. The first-order chi connectivity index (χ1) is 9.15. The third-order valence-corrected chi connectivity index (χ3v) is 1.92. The highest BCUT2D eigenvalue weighted by Gasteiger charge is 2.34. The van der Waals surface area contributed by atoms with Crippen LogP contribution in [0.2, 0.25) is 0 Å². The van der Waals surface area contributed by atoms with E-state index in [1.54, 1.807) is 0 Å². The van der Waals surface area contributed by atoms with Crippen LogP contribution in [0.15, 0.2) is 6.07 Å². The predicted octanol–water partition coefficient (Wildman–Crippen LogP) is 2.80. The Morgan fingerprint density at radius 2 is 2.05 bits per heavy atom. The number of ether oxygens (including phenoxy) is 2. The number of pyridine rings is 1. The molecule has 1 N–H and O–H groups in total. The lowest BCUT2D eigenvalue weighted by molar-refractivity contribution is -0.276. The third-order valence-electron chi connectivity index (χ3n) is 1.92. The number of aromatic nitrogens is 1. The standard InChI is InChI=1S/C10H8F5NO4/c1-2-19-9(18)6-7(17)4(8(11)12)3-5(16-6)20-10(13,14)15/h3,8,17H,2H2,1H3. The molecule has 1 heterocycles. The molecule has 0 bridgehead atoms. The van der Waals surface area contributed by atoms with Crippen molar-refractivity contribution < 1.29 is 41.3 Å². The molecule has 1 rings (SSSR count). The number of aromatic hydroxyl groups is 1. The minimum absolute atomic E-state index is 0.186. The van der Waals surface area contributed by atoms with Gasteiger partial charge in [0.25, 0.3) is 6.43 Å². The molecule has 20 heavy (non-hydrogen) atoms. The van der Waals surface area contributed by atoms with E-state index in [1.165, 1.54) is 6.92 Å². The van der Waals surface area contributed by atoms with Gasteiger partial charge >= 0.3 is 12.3 Å². The van der Waals surface area contributed by atoms with E-state index in [-0.39, 0.29) is 12.7 Å². The molecular weight excluding hydrogens is 293 g/mol. The maximum absolute atomic E-state index is 12.6. The lowest BCUT2D eigenvalue weighted by Gasteiger charge is -2.12. The van der Waals surface area contributed by atoms with Crippen LogP contribution >= 0.6 is 0 Å². The molecule has 0 spiro atoms. The number of carbonyl (C=O) groups is 1. The summed E-state index contributed by atoms with van der Waals surface area (Å²) in [5, 5.41) is 9.40. The van der Waals surface area contributed by atoms with Crippen LogP contribution in [0, 0.1) is 0 Å². The average Bonchev–Trinajstić information content (AvgIpc) is 2.29. The van der Waals surface area contributed by atoms with Crippen LogP contribution in [0.4, 0.5) is 22.0 Å². The quantitative estimate of drug-likeness (QED) is 0.684. The molecule has 0 fully saturated rings. The largest absolute Gasteiger partial charge is 0.574 e. The summed E-state index contributed by atoms with van der Waals surface area (Å²) < 4.78 is 69.0. The van der Waals surface area contributed by atoms with E-state index in [0.29, 0.717) is 0 Å². The summed E-state index contributed by atoms with van der Waals surface area (Å²) in [5.74, 6) is -3.90. The van der Waals surface area contributed by atoms with Crippen LogP contribution < -0.4 is 4.74 Å². The van der Waals surface area contributed by atoms with Gasteiger partial charge in [0.1, 0.15) is 0 Å². The van der Waals surface area contributed by atoms with Crippen molar-refractivity contribution in [2.75, 3.05) is 6.61 Å². The van der Waals surface area contributed by atoms with Crippen molar-refractivity contribution in [3.05, 3.63) is 17.3 Å². The zero-order valence-electron chi connectivity index (χ0n) is 9.87. The molecule has 0 atom stereocenters. The van der Waals surface area contributed by atoms with Gasteiger partial charge in [0.2, 0.25) is 5.88 Å². The van der Waals surface area contributed by atoms with Gasteiger partial charge in [0.05, 0.1) is 12.2 Å². The van der Waals surface area contributed by atoms with E-state index in [1.807, 2.05) is 0 Å². The van der Waals surface area contributed by atoms with Gasteiger partial charge in [0, 0.05) is 6.07 Å². The first-order valence-corrected chi connectivity index (χ1v) is 5.10. The summed E-state index contributed by atoms with van der Waals surface area (Å²) in [6.45, 7) is 1.19. The number of rotatable bonds is 4.